The summed E-state index contributed by atoms with van der Waals surface area (Å²) < 4.78 is 75.9. The molecule has 1 unspecified atom stereocenters. The molecule has 3 rings (SSSR count). The fraction of sp³-hybridized carbons (Fsp3) is 0.250. The second kappa shape index (κ2) is 12.0. The molecule has 0 aliphatic rings. The first kappa shape index (κ1) is 31.8. The molecule has 2 heterocycles. The van der Waals surface area contributed by atoms with Crippen LogP contribution in [0.15, 0.2) is 42.7 Å². The highest BCUT2D eigenvalue weighted by Gasteiger charge is 2.62. The summed E-state index contributed by atoms with van der Waals surface area (Å²) in [4.78, 5) is 32.5. The van der Waals surface area contributed by atoms with E-state index in [0.29, 0.717) is 12.3 Å². The fourth-order valence-corrected chi connectivity index (χ4v) is 4.58. The predicted molar refractivity (Wildman–Crippen MR) is 138 cm³/mol. The molecule has 40 heavy (non-hydrogen) atoms. The van der Waals surface area contributed by atoms with Gasteiger partial charge in [-0.2, -0.15) is 22.0 Å². The minimum Gasteiger partial charge on any atom is -0.464 e. The van der Waals surface area contributed by atoms with Crippen LogP contribution >= 0.6 is 46.4 Å². The van der Waals surface area contributed by atoms with Crippen molar-refractivity contribution in [3.63, 3.8) is 0 Å². The second-order valence-electron chi connectivity index (χ2n) is 8.09. The SMILES string of the molecule is CCOC(=O)C(N)(c1ncc(C(F)(F)F)cc1Cl)C(F)(F)c1cnc(CNC(=O)c2c(Cl)cccc2Cl)c(Cl)c1. The number of carbonyl (C=O) groups excluding carboxylic acids is 2. The van der Waals surface area contributed by atoms with Gasteiger partial charge in [-0.25, -0.2) is 4.79 Å². The number of alkyl halides is 5. The minimum absolute atomic E-state index is 0.0339. The molecule has 1 amide bonds. The standard InChI is InChI=1S/C24H17Cl4F5N4O3/c1-2-40-21(39)22(34,19-16(28)7-12(9-36-19)24(31,32)33)23(29,30)11-6-15(27)17(35-8-11)10-37-20(38)18-13(25)4-3-5-14(18)26/h3-9H,2,10,34H2,1H3,(H,37,38). The molecule has 0 saturated heterocycles. The van der Waals surface area contributed by atoms with E-state index < -0.39 is 58.0 Å². The molecule has 0 spiro atoms. The zero-order valence-electron chi connectivity index (χ0n) is 20.1. The van der Waals surface area contributed by atoms with Crippen LogP contribution in [0.2, 0.25) is 20.1 Å². The molecule has 3 aromatic rings. The van der Waals surface area contributed by atoms with E-state index in [1.54, 1.807) is 0 Å². The number of halogens is 9. The average molecular weight is 646 g/mol. The van der Waals surface area contributed by atoms with Crippen molar-refractivity contribution in [3.8, 4) is 0 Å². The van der Waals surface area contributed by atoms with Crippen LogP contribution in [0.4, 0.5) is 22.0 Å². The molecule has 0 aliphatic heterocycles. The maximum Gasteiger partial charge on any atom is 0.417 e. The summed E-state index contributed by atoms with van der Waals surface area (Å²) in [5.41, 5.74) is -1.15. The van der Waals surface area contributed by atoms with Crippen LogP contribution in [0.25, 0.3) is 0 Å². The van der Waals surface area contributed by atoms with Gasteiger partial charge in [-0.15, -0.1) is 0 Å². The first-order chi connectivity index (χ1) is 18.5. The Kier molecular flexibility index (Phi) is 9.52. The Morgan fingerprint density at radius 2 is 1.50 bits per heavy atom. The lowest BCUT2D eigenvalue weighted by Gasteiger charge is -2.35. The number of rotatable bonds is 8. The number of esters is 1. The Bertz CT molecular complexity index is 1440. The Labute approximate surface area is 243 Å². The number of nitrogens with one attached hydrogen (secondary N) is 1. The zero-order valence-corrected chi connectivity index (χ0v) is 23.1. The van der Waals surface area contributed by atoms with Crippen LogP contribution in [0, 0.1) is 0 Å². The average Bonchev–Trinajstić information content (AvgIpc) is 2.86. The maximum absolute atomic E-state index is 16.0. The van der Waals surface area contributed by atoms with Gasteiger partial charge < -0.3 is 15.8 Å². The van der Waals surface area contributed by atoms with Crippen molar-refractivity contribution >= 4 is 58.3 Å². The van der Waals surface area contributed by atoms with Gasteiger partial charge in [-0.1, -0.05) is 52.5 Å². The second-order valence-corrected chi connectivity index (χ2v) is 9.72. The van der Waals surface area contributed by atoms with Gasteiger partial charge in [0.25, 0.3) is 5.91 Å². The molecule has 0 fully saturated rings. The third kappa shape index (κ3) is 6.10. The van der Waals surface area contributed by atoms with Crippen molar-refractivity contribution in [2.75, 3.05) is 6.61 Å². The third-order valence-electron chi connectivity index (χ3n) is 5.52. The molecule has 1 aromatic carbocycles. The first-order valence-electron chi connectivity index (χ1n) is 11.0. The summed E-state index contributed by atoms with van der Waals surface area (Å²) in [6.45, 7) is 0.553. The number of nitrogens with zero attached hydrogens (tertiary/aromatic N) is 2. The maximum atomic E-state index is 16.0. The van der Waals surface area contributed by atoms with Crippen molar-refractivity contribution in [1.82, 2.24) is 15.3 Å². The van der Waals surface area contributed by atoms with Gasteiger partial charge in [-0.3, -0.25) is 14.8 Å². The van der Waals surface area contributed by atoms with E-state index in [1.807, 2.05) is 0 Å². The highest BCUT2D eigenvalue weighted by atomic mass is 35.5. The highest BCUT2D eigenvalue weighted by Crippen LogP contribution is 2.47. The number of hydrogen-bond donors (Lipinski definition) is 2. The molecule has 16 heteroatoms. The number of benzene rings is 1. The monoisotopic (exact) mass is 644 g/mol. The molecular weight excluding hydrogens is 629 g/mol. The molecule has 1 atom stereocenters. The van der Waals surface area contributed by atoms with Crippen LogP contribution in [0.1, 0.15) is 39.8 Å². The van der Waals surface area contributed by atoms with Crippen LogP contribution < -0.4 is 11.1 Å². The Balaban J connectivity index is 1.99. The summed E-state index contributed by atoms with van der Waals surface area (Å²) in [6, 6.07) is 5.43. The number of amides is 1. The minimum atomic E-state index is -4.90. The number of pyridine rings is 2. The molecule has 3 N–H and O–H groups in total. The summed E-state index contributed by atoms with van der Waals surface area (Å²) >= 11 is 24.0. The van der Waals surface area contributed by atoms with Crippen molar-refractivity contribution in [2.45, 2.75) is 31.1 Å². The fourth-order valence-electron chi connectivity index (χ4n) is 3.46. The van der Waals surface area contributed by atoms with Gasteiger partial charge >= 0.3 is 18.1 Å². The van der Waals surface area contributed by atoms with E-state index in [1.165, 1.54) is 25.1 Å². The van der Waals surface area contributed by atoms with E-state index in [9.17, 15) is 22.8 Å². The Hall–Kier alpha value is -2.77. The van der Waals surface area contributed by atoms with Crippen LogP contribution in [-0.4, -0.2) is 28.5 Å². The van der Waals surface area contributed by atoms with Crippen molar-refractivity contribution in [1.29, 1.82) is 0 Å². The molecule has 7 nitrogen and oxygen atoms in total. The molecule has 0 aliphatic carbocycles. The largest absolute Gasteiger partial charge is 0.464 e. The van der Waals surface area contributed by atoms with Gasteiger partial charge in [-0.05, 0) is 31.2 Å². The molecule has 2 aromatic heterocycles. The number of ether oxygens (including phenoxy) is 1. The third-order valence-corrected chi connectivity index (χ3v) is 6.77. The van der Waals surface area contributed by atoms with Gasteiger partial charge in [0, 0.05) is 18.0 Å². The summed E-state index contributed by atoms with van der Waals surface area (Å²) in [5.74, 6) is -6.84. The van der Waals surface area contributed by atoms with E-state index in [-0.39, 0.29) is 39.1 Å². The molecule has 0 radical (unpaired) electrons. The summed E-state index contributed by atoms with van der Waals surface area (Å²) in [6.07, 6.45) is -4.08. The summed E-state index contributed by atoms with van der Waals surface area (Å²) in [5, 5.41) is 1.25. The number of nitrogens with two attached hydrogens (primary N) is 1. The highest BCUT2D eigenvalue weighted by molar-refractivity contribution is 6.39. The first-order valence-corrected chi connectivity index (χ1v) is 12.5. The van der Waals surface area contributed by atoms with Crippen LogP contribution in [-0.2, 0) is 33.7 Å². The topological polar surface area (TPSA) is 107 Å². The van der Waals surface area contributed by atoms with Crippen LogP contribution in [0.5, 0.6) is 0 Å². The van der Waals surface area contributed by atoms with E-state index in [2.05, 4.69) is 15.3 Å². The normalized spacial score (nSPS) is 13.5. The van der Waals surface area contributed by atoms with Gasteiger partial charge in [0.1, 0.15) is 0 Å². The van der Waals surface area contributed by atoms with Gasteiger partial charge in [0.2, 0.25) is 5.54 Å². The van der Waals surface area contributed by atoms with E-state index >= 15 is 8.78 Å². The zero-order chi connectivity index (χ0) is 30.0. The molecular formula is C24H17Cl4F5N4O3. The Morgan fingerprint density at radius 1 is 0.925 bits per heavy atom. The van der Waals surface area contributed by atoms with Crippen LogP contribution in [0.3, 0.4) is 0 Å². The Morgan fingerprint density at radius 3 is 2.02 bits per heavy atom. The number of hydrogen-bond acceptors (Lipinski definition) is 6. The lowest BCUT2D eigenvalue weighted by atomic mass is 9.84. The number of carbonyl (C=O) groups is 2. The van der Waals surface area contributed by atoms with Crippen molar-refractivity contribution in [2.24, 2.45) is 5.73 Å². The summed E-state index contributed by atoms with van der Waals surface area (Å²) in [7, 11) is 0. The van der Waals surface area contributed by atoms with Crippen molar-refractivity contribution in [3.05, 3.63) is 90.9 Å². The predicted octanol–water partition coefficient (Wildman–Crippen LogP) is 6.55. The van der Waals surface area contributed by atoms with Crippen molar-refractivity contribution < 1.29 is 36.3 Å². The smallest absolute Gasteiger partial charge is 0.417 e. The molecule has 0 bridgehead atoms. The lowest BCUT2D eigenvalue weighted by Crippen LogP contribution is -2.58. The molecule has 214 valence electrons. The van der Waals surface area contributed by atoms with E-state index in [0.717, 1.165) is 6.07 Å². The quantitative estimate of drug-likeness (QED) is 0.213. The van der Waals surface area contributed by atoms with Gasteiger partial charge in [0.15, 0.2) is 0 Å². The number of aromatic nitrogens is 2. The van der Waals surface area contributed by atoms with E-state index in [4.69, 9.17) is 56.9 Å². The molecule has 0 saturated carbocycles. The lowest BCUT2D eigenvalue weighted by molar-refractivity contribution is -0.171. The van der Waals surface area contributed by atoms with Gasteiger partial charge in [0.05, 0.1) is 55.8 Å².